The van der Waals surface area contributed by atoms with Crippen LogP contribution in [0.3, 0.4) is 0 Å². The van der Waals surface area contributed by atoms with Crippen LogP contribution in [0.5, 0.6) is 0 Å². The van der Waals surface area contributed by atoms with Crippen molar-refractivity contribution in [2.75, 3.05) is 13.1 Å². The Kier molecular flexibility index (Phi) is 2.96. The summed E-state index contributed by atoms with van der Waals surface area (Å²) in [5, 5.41) is 3.25. The average Bonchev–Trinajstić information content (AvgIpc) is 2.98. The molecule has 3 aliphatic heterocycles. The number of piperidine rings is 3. The highest BCUT2D eigenvalue weighted by atomic mass is 16.1. The largest absolute Gasteiger partial charge is 0.347 e. The fourth-order valence-corrected chi connectivity index (χ4v) is 3.85. The minimum Gasteiger partial charge on any atom is -0.347 e. The number of carbonyl (C=O) groups excluding carboxylic acids is 1. The predicted molar refractivity (Wildman–Crippen MR) is 81.1 cm³/mol. The van der Waals surface area contributed by atoms with Crippen molar-refractivity contribution in [2.45, 2.75) is 31.8 Å². The van der Waals surface area contributed by atoms with Gasteiger partial charge in [0.1, 0.15) is 0 Å². The number of hydrogen-bond acceptors (Lipinski definition) is 3. The molecule has 5 rings (SSSR count). The minimum atomic E-state index is 0.0190. The third-order valence-corrected chi connectivity index (χ3v) is 5.16. The summed E-state index contributed by atoms with van der Waals surface area (Å²) >= 11 is 0. The van der Waals surface area contributed by atoms with Crippen molar-refractivity contribution < 1.29 is 4.79 Å². The lowest BCUT2D eigenvalue weighted by atomic mass is 9.79. The summed E-state index contributed by atoms with van der Waals surface area (Å²) in [5.41, 5.74) is 2.49. The summed E-state index contributed by atoms with van der Waals surface area (Å²) < 4.78 is 0. The average molecular weight is 284 g/mol. The summed E-state index contributed by atoms with van der Waals surface area (Å²) in [6, 6.07) is 6.34. The van der Waals surface area contributed by atoms with Crippen LogP contribution >= 0.6 is 0 Å². The third-order valence-electron chi connectivity index (χ3n) is 5.16. The molecule has 3 aliphatic rings. The first-order valence-corrected chi connectivity index (χ1v) is 7.70. The van der Waals surface area contributed by atoms with Gasteiger partial charge in [-0.25, -0.2) is 4.98 Å². The van der Waals surface area contributed by atoms with E-state index in [1.54, 1.807) is 6.33 Å². The summed E-state index contributed by atoms with van der Waals surface area (Å²) in [4.78, 5) is 22.3. The number of carbonyl (C=O) groups is 1. The zero-order valence-corrected chi connectivity index (χ0v) is 12.2. The van der Waals surface area contributed by atoms with E-state index < -0.39 is 0 Å². The molecule has 0 spiro atoms. The zero-order valence-electron chi connectivity index (χ0n) is 12.2. The van der Waals surface area contributed by atoms with Gasteiger partial charge in [0.05, 0.1) is 17.4 Å². The van der Waals surface area contributed by atoms with Gasteiger partial charge in [-0.3, -0.25) is 9.69 Å². The van der Waals surface area contributed by atoms with Gasteiger partial charge >= 0.3 is 0 Å². The van der Waals surface area contributed by atoms with Crippen molar-refractivity contribution in [2.24, 2.45) is 5.92 Å². The number of hydrogen-bond donors (Lipinski definition) is 2. The Morgan fingerprint density at radius 1 is 1.38 bits per heavy atom. The van der Waals surface area contributed by atoms with E-state index in [0.717, 1.165) is 11.0 Å². The topological polar surface area (TPSA) is 61.0 Å². The molecule has 1 aromatic carbocycles. The van der Waals surface area contributed by atoms with Crippen molar-refractivity contribution in [1.29, 1.82) is 0 Å². The van der Waals surface area contributed by atoms with E-state index >= 15 is 0 Å². The third kappa shape index (κ3) is 2.12. The molecule has 1 amide bonds. The maximum Gasteiger partial charge on any atom is 0.251 e. The van der Waals surface area contributed by atoms with Gasteiger partial charge in [0.2, 0.25) is 0 Å². The molecule has 2 N–H and O–H groups in total. The Bertz CT molecular complexity index is 670. The molecule has 5 heteroatoms. The van der Waals surface area contributed by atoms with Gasteiger partial charge in [0.25, 0.3) is 5.91 Å². The van der Waals surface area contributed by atoms with Gasteiger partial charge in [-0.1, -0.05) is 0 Å². The Balaban J connectivity index is 1.54. The number of H-pyrrole nitrogens is 1. The summed E-state index contributed by atoms with van der Waals surface area (Å²) in [5.74, 6) is 0.647. The second-order valence-corrected chi connectivity index (χ2v) is 6.25. The van der Waals surface area contributed by atoms with Crippen molar-refractivity contribution in [1.82, 2.24) is 20.2 Å². The molecule has 0 unspecified atom stereocenters. The Morgan fingerprint density at radius 2 is 2.19 bits per heavy atom. The number of imidazole rings is 1. The maximum absolute atomic E-state index is 12.5. The van der Waals surface area contributed by atoms with E-state index in [4.69, 9.17) is 0 Å². The van der Waals surface area contributed by atoms with Crippen molar-refractivity contribution in [3.05, 3.63) is 30.1 Å². The number of fused-ring (bicyclic) bond motifs is 4. The Morgan fingerprint density at radius 3 is 2.95 bits per heavy atom. The molecule has 110 valence electrons. The zero-order chi connectivity index (χ0) is 14.4. The monoisotopic (exact) mass is 284 g/mol. The van der Waals surface area contributed by atoms with Crippen LogP contribution in [-0.4, -0.2) is 45.9 Å². The molecule has 5 nitrogen and oxygen atoms in total. The van der Waals surface area contributed by atoms with E-state index in [0.29, 0.717) is 17.5 Å². The van der Waals surface area contributed by atoms with Gasteiger partial charge < -0.3 is 10.3 Å². The van der Waals surface area contributed by atoms with E-state index in [-0.39, 0.29) is 11.9 Å². The number of aromatic nitrogens is 2. The number of amides is 1. The van der Waals surface area contributed by atoms with Gasteiger partial charge in [-0.2, -0.15) is 0 Å². The highest BCUT2D eigenvalue weighted by molar-refractivity contribution is 5.97. The molecule has 0 saturated carbocycles. The standard InChI is InChI=1S/C16H20N4O/c1-10-15(11-4-6-20(10)7-5-11)19-16(21)12-2-3-13-14(8-12)18-9-17-13/h2-3,8-11,15H,4-7H2,1H3,(H,17,18)(H,19,21)/t10-,15+/m1/s1. The lowest BCUT2D eigenvalue weighted by Crippen LogP contribution is -2.62. The van der Waals surface area contributed by atoms with Crippen molar-refractivity contribution in [3.8, 4) is 0 Å². The van der Waals surface area contributed by atoms with Gasteiger partial charge in [0, 0.05) is 17.6 Å². The SMILES string of the molecule is C[C@@H]1[C@H](NC(=O)c2ccc3[nH]cnc3c2)C2CCN1CC2. The lowest BCUT2D eigenvalue weighted by molar-refractivity contribution is 0.0217. The fraction of sp³-hybridized carbons (Fsp3) is 0.500. The molecule has 1 aromatic heterocycles. The molecule has 0 radical (unpaired) electrons. The predicted octanol–water partition coefficient (Wildman–Crippen LogP) is 1.78. The van der Waals surface area contributed by atoms with Gasteiger partial charge in [-0.15, -0.1) is 0 Å². The molecular weight excluding hydrogens is 264 g/mol. The van der Waals surface area contributed by atoms with Crippen LogP contribution in [0.4, 0.5) is 0 Å². The van der Waals surface area contributed by atoms with Crippen LogP contribution in [0.1, 0.15) is 30.1 Å². The second kappa shape index (κ2) is 4.84. The molecule has 2 atom stereocenters. The smallest absolute Gasteiger partial charge is 0.251 e. The van der Waals surface area contributed by atoms with Crippen LogP contribution in [0, 0.1) is 5.92 Å². The molecular formula is C16H20N4O. The normalized spacial score (nSPS) is 31.5. The van der Waals surface area contributed by atoms with Crippen LogP contribution in [0.2, 0.25) is 0 Å². The van der Waals surface area contributed by atoms with Gasteiger partial charge in [-0.05, 0) is 57.0 Å². The van der Waals surface area contributed by atoms with E-state index in [1.165, 1.54) is 25.9 Å². The minimum absolute atomic E-state index is 0.0190. The highest BCUT2D eigenvalue weighted by Gasteiger charge is 2.40. The number of aromatic amines is 1. The molecule has 2 aromatic rings. The summed E-state index contributed by atoms with van der Waals surface area (Å²) in [7, 11) is 0. The molecule has 4 heterocycles. The highest BCUT2D eigenvalue weighted by Crippen LogP contribution is 2.32. The first-order chi connectivity index (χ1) is 10.2. The summed E-state index contributed by atoms with van der Waals surface area (Å²) in [6.45, 7) is 4.59. The van der Waals surface area contributed by atoms with Crippen LogP contribution in [0.25, 0.3) is 11.0 Å². The van der Waals surface area contributed by atoms with E-state index in [1.807, 2.05) is 18.2 Å². The second-order valence-electron chi connectivity index (χ2n) is 6.25. The Hall–Kier alpha value is -1.88. The number of nitrogens with zero attached hydrogens (tertiary/aromatic N) is 2. The van der Waals surface area contributed by atoms with Crippen LogP contribution in [-0.2, 0) is 0 Å². The van der Waals surface area contributed by atoms with E-state index in [2.05, 4.69) is 27.1 Å². The van der Waals surface area contributed by atoms with Crippen LogP contribution < -0.4 is 5.32 Å². The number of nitrogens with one attached hydrogen (secondary N) is 2. The molecule has 0 aliphatic carbocycles. The first-order valence-electron chi connectivity index (χ1n) is 7.70. The molecule has 3 saturated heterocycles. The van der Waals surface area contributed by atoms with Crippen LogP contribution in [0.15, 0.2) is 24.5 Å². The van der Waals surface area contributed by atoms with Crippen molar-refractivity contribution >= 4 is 16.9 Å². The molecule has 21 heavy (non-hydrogen) atoms. The molecule has 2 bridgehead atoms. The Labute approximate surface area is 123 Å². The first kappa shape index (κ1) is 12.8. The number of rotatable bonds is 2. The van der Waals surface area contributed by atoms with E-state index in [9.17, 15) is 4.79 Å². The molecule has 3 fully saturated rings. The maximum atomic E-state index is 12.5. The quantitative estimate of drug-likeness (QED) is 0.883. The van der Waals surface area contributed by atoms with Gasteiger partial charge in [0.15, 0.2) is 0 Å². The number of benzene rings is 1. The summed E-state index contributed by atoms with van der Waals surface area (Å²) in [6.07, 6.45) is 4.06. The van der Waals surface area contributed by atoms with Crippen molar-refractivity contribution in [3.63, 3.8) is 0 Å². The lowest BCUT2D eigenvalue weighted by Gasteiger charge is -2.49. The fourth-order valence-electron chi connectivity index (χ4n) is 3.85.